The summed E-state index contributed by atoms with van der Waals surface area (Å²) in [7, 11) is 0. The second kappa shape index (κ2) is 5.91. The molecule has 1 heterocycles. The Balaban J connectivity index is 2.00. The fourth-order valence-corrected chi connectivity index (χ4v) is 2.17. The van der Waals surface area contributed by atoms with E-state index in [1.807, 2.05) is 6.08 Å². The molecule has 2 rings (SSSR count). The predicted octanol–water partition coefficient (Wildman–Crippen LogP) is 2.59. The first-order valence-electron chi connectivity index (χ1n) is 6.56. The van der Waals surface area contributed by atoms with Crippen molar-refractivity contribution in [3.8, 4) is 5.75 Å². The third kappa shape index (κ3) is 3.26. The van der Waals surface area contributed by atoms with Gasteiger partial charge in [-0.1, -0.05) is 12.1 Å². The molecular formula is C15H22N2O. The predicted molar refractivity (Wildman–Crippen MR) is 76.4 cm³/mol. The largest absolute Gasteiger partial charge is 0.487 e. The Kier molecular flexibility index (Phi) is 4.26. The molecule has 2 N–H and O–H groups in total. The summed E-state index contributed by atoms with van der Waals surface area (Å²) in [6, 6.07) is 6.84. The number of benzene rings is 1. The lowest BCUT2D eigenvalue weighted by Crippen LogP contribution is -2.29. The molecular weight excluding hydrogens is 224 g/mol. The number of fused-ring (bicyclic) bond motifs is 1. The molecule has 3 heteroatoms. The molecule has 0 bridgehead atoms. The molecule has 0 saturated heterocycles. The van der Waals surface area contributed by atoms with Crippen LogP contribution in [0.1, 0.15) is 19.4 Å². The van der Waals surface area contributed by atoms with Gasteiger partial charge in [-0.2, -0.15) is 0 Å². The van der Waals surface area contributed by atoms with Crippen molar-refractivity contribution in [2.75, 3.05) is 18.4 Å². The minimum atomic E-state index is 0.247. The first kappa shape index (κ1) is 13.0. The molecule has 98 valence electrons. The summed E-state index contributed by atoms with van der Waals surface area (Å²) in [4.78, 5) is 0. The normalized spacial score (nSPS) is 19.3. The Morgan fingerprint density at radius 2 is 2.44 bits per heavy atom. The molecule has 0 aliphatic carbocycles. The SMILES string of the molecule is C=CCNC(C)Cc1ccc2c(c1)NCC(C)O2. The van der Waals surface area contributed by atoms with Crippen LogP contribution in [0.5, 0.6) is 5.75 Å². The zero-order valence-electron chi connectivity index (χ0n) is 11.2. The summed E-state index contributed by atoms with van der Waals surface area (Å²) in [5.41, 5.74) is 2.44. The summed E-state index contributed by atoms with van der Waals surface area (Å²) in [5, 5.41) is 6.81. The van der Waals surface area contributed by atoms with Crippen LogP contribution < -0.4 is 15.4 Å². The molecule has 1 aromatic carbocycles. The van der Waals surface area contributed by atoms with Crippen LogP contribution in [0.4, 0.5) is 5.69 Å². The molecule has 1 aromatic rings. The van der Waals surface area contributed by atoms with Crippen molar-refractivity contribution in [2.45, 2.75) is 32.4 Å². The van der Waals surface area contributed by atoms with Crippen molar-refractivity contribution in [3.63, 3.8) is 0 Å². The van der Waals surface area contributed by atoms with E-state index in [4.69, 9.17) is 4.74 Å². The van der Waals surface area contributed by atoms with Gasteiger partial charge in [0.05, 0.1) is 12.2 Å². The third-order valence-corrected chi connectivity index (χ3v) is 3.10. The second-order valence-electron chi connectivity index (χ2n) is 4.94. The minimum absolute atomic E-state index is 0.247. The summed E-state index contributed by atoms with van der Waals surface area (Å²) >= 11 is 0. The summed E-state index contributed by atoms with van der Waals surface area (Å²) in [6.45, 7) is 9.71. The molecule has 1 aliphatic rings. The minimum Gasteiger partial charge on any atom is -0.487 e. The maximum Gasteiger partial charge on any atom is 0.142 e. The number of anilines is 1. The first-order chi connectivity index (χ1) is 8.69. The number of hydrogen-bond acceptors (Lipinski definition) is 3. The maximum atomic E-state index is 5.77. The van der Waals surface area contributed by atoms with Crippen molar-refractivity contribution in [1.29, 1.82) is 0 Å². The van der Waals surface area contributed by atoms with Crippen LogP contribution in [0, 0.1) is 0 Å². The van der Waals surface area contributed by atoms with Gasteiger partial charge >= 0.3 is 0 Å². The van der Waals surface area contributed by atoms with Gasteiger partial charge in [0, 0.05) is 12.6 Å². The molecule has 2 atom stereocenters. The van der Waals surface area contributed by atoms with Crippen LogP contribution in [-0.4, -0.2) is 25.2 Å². The highest BCUT2D eigenvalue weighted by atomic mass is 16.5. The fraction of sp³-hybridized carbons (Fsp3) is 0.467. The summed E-state index contributed by atoms with van der Waals surface area (Å²) in [6.07, 6.45) is 3.15. The van der Waals surface area contributed by atoms with Gasteiger partial charge < -0.3 is 15.4 Å². The highest BCUT2D eigenvalue weighted by Crippen LogP contribution is 2.30. The van der Waals surface area contributed by atoms with Crippen molar-refractivity contribution in [3.05, 3.63) is 36.4 Å². The lowest BCUT2D eigenvalue weighted by molar-refractivity contribution is 0.226. The Bertz CT molecular complexity index is 417. The molecule has 1 aliphatic heterocycles. The van der Waals surface area contributed by atoms with Crippen LogP contribution in [0.2, 0.25) is 0 Å². The van der Waals surface area contributed by atoms with E-state index in [0.717, 1.165) is 30.9 Å². The van der Waals surface area contributed by atoms with Crippen LogP contribution >= 0.6 is 0 Å². The number of nitrogens with one attached hydrogen (secondary N) is 2. The van der Waals surface area contributed by atoms with Crippen molar-refractivity contribution in [2.24, 2.45) is 0 Å². The monoisotopic (exact) mass is 246 g/mol. The zero-order valence-corrected chi connectivity index (χ0v) is 11.2. The molecule has 0 fully saturated rings. The Labute approximate surface area is 109 Å². The average molecular weight is 246 g/mol. The molecule has 0 radical (unpaired) electrons. The van der Waals surface area contributed by atoms with E-state index in [1.54, 1.807) is 0 Å². The van der Waals surface area contributed by atoms with Gasteiger partial charge in [0.2, 0.25) is 0 Å². The van der Waals surface area contributed by atoms with Gasteiger partial charge in [-0.25, -0.2) is 0 Å². The molecule has 2 unspecified atom stereocenters. The fourth-order valence-electron chi connectivity index (χ4n) is 2.17. The van der Waals surface area contributed by atoms with E-state index in [2.05, 4.69) is 49.3 Å². The molecule has 0 saturated carbocycles. The second-order valence-corrected chi connectivity index (χ2v) is 4.94. The molecule has 0 spiro atoms. The van der Waals surface area contributed by atoms with Crippen LogP contribution in [0.15, 0.2) is 30.9 Å². The molecule has 18 heavy (non-hydrogen) atoms. The Hall–Kier alpha value is -1.48. The van der Waals surface area contributed by atoms with Gasteiger partial charge in [-0.3, -0.25) is 0 Å². The highest BCUT2D eigenvalue weighted by Gasteiger charge is 2.15. The van der Waals surface area contributed by atoms with Gasteiger partial charge in [0.25, 0.3) is 0 Å². The molecule has 0 aromatic heterocycles. The van der Waals surface area contributed by atoms with E-state index in [0.29, 0.717) is 6.04 Å². The van der Waals surface area contributed by atoms with E-state index in [-0.39, 0.29) is 6.10 Å². The first-order valence-corrected chi connectivity index (χ1v) is 6.56. The van der Waals surface area contributed by atoms with Gasteiger partial charge in [-0.05, 0) is 38.0 Å². The average Bonchev–Trinajstić information content (AvgIpc) is 2.36. The standard InChI is InChI=1S/C15H22N2O/c1-4-7-16-11(2)8-13-5-6-15-14(9-13)17-10-12(3)18-15/h4-6,9,11-12,16-17H,1,7-8,10H2,2-3H3. The summed E-state index contributed by atoms with van der Waals surface area (Å²) < 4.78 is 5.77. The number of hydrogen-bond donors (Lipinski definition) is 2. The van der Waals surface area contributed by atoms with Crippen molar-refractivity contribution < 1.29 is 4.74 Å². The zero-order chi connectivity index (χ0) is 13.0. The third-order valence-electron chi connectivity index (χ3n) is 3.10. The topological polar surface area (TPSA) is 33.3 Å². The van der Waals surface area contributed by atoms with E-state index >= 15 is 0 Å². The number of rotatable bonds is 5. The number of ether oxygens (including phenoxy) is 1. The Morgan fingerprint density at radius 1 is 1.61 bits per heavy atom. The van der Waals surface area contributed by atoms with Crippen LogP contribution in [0.25, 0.3) is 0 Å². The van der Waals surface area contributed by atoms with E-state index in [1.165, 1.54) is 5.56 Å². The molecule has 3 nitrogen and oxygen atoms in total. The highest BCUT2D eigenvalue weighted by molar-refractivity contribution is 5.59. The van der Waals surface area contributed by atoms with Crippen LogP contribution in [0.3, 0.4) is 0 Å². The molecule has 0 amide bonds. The van der Waals surface area contributed by atoms with Crippen molar-refractivity contribution in [1.82, 2.24) is 5.32 Å². The van der Waals surface area contributed by atoms with E-state index in [9.17, 15) is 0 Å². The van der Waals surface area contributed by atoms with Crippen LogP contribution in [-0.2, 0) is 6.42 Å². The van der Waals surface area contributed by atoms with Gasteiger partial charge in [-0.15, -0.1) is 6.58 Å². The summed E-state index contributed by atoms with van der Waals surface area (Å²) in [5.74, 6) is 0.962. The lowest BCUT2D eigenvalue weighted by atomic mass is 10.1. The van der Waals surface area contributed by atoms with Gasteiger partial charge in [0.15, 0.2) is 0 Å². The quantitative estimate of drug-likeness (QED) is 0.783. The maximum absolute atomic E-state index is 5.77. The lowest BCUT2D eigenvalue weighted by Gasteiger charge is -2.25. The Morgan fingerprint density at radius 3 is 3.22 bits per heavy atom. The smallest absolute Gasteiger partial charge is 0.142 e. The van der Waals surface area contributed by atoms with Gasteiger partial charge in [0.1, 0.15) is 11.9 Å². The van der Waals surface area contributed by atoms with Crippen molar-refractivity contribution >= 4 is 5.69 Å². The van der Waals surface area contributed by atoms with E-state index < -0.39 is 0 Å².